The smallest absolute Gasteiger partial charge is 0.255 e. The van der Waals surface area contributed by atoms with Gasteiger partial charge in [-0.1, -0.05) is 41.4 Å². The van der Waals surface area contributed by atoms with Crippen molar-refractivity contribution < 1.29 is 9.59 Å². The number of aryl methyl sites for hydroxylation is 2. The Labute approximate surface area is 186 Å². The zero-order valence-electron chi connectivity index (χ0n) is 17.0. The van der Waals surface area contributed by atoms with Gasteiger partial charge < -0.3 is 10.6 Å². The zero-order chi connectivity index (χ0) is 21.7. The molecular weight excluding hydrogens is 416 g/mol. The molecule has 0 saturated carbocycles. The van der Waals surface area contributed by atoms with E-state index < -0.39 is 0 Å². The minimum Gasteiger partial charge on any atom is -0.325 e. The maximum Gasteiger partial charge on any atom is 0.255 e. The van der Waals surface area contributed by atoms with Crippen molar-refractivity contribution in [3.8, 4) is 0 Å². The topological polar surface area (TPSA) is 58.2 Å². The zero-order valence-corrected chi connectivity index (χ0v) is 18.6. The summed E-state index contributed by atoms with van der Waals surface area (Å²) in [5.74, 6) is -0.279. The number of nitrogens with one attached hydrogen (secondary N) is 2. The standard InChI is InChI=1S/C24H23ClN2O2S/c1-15-7-10-18(11-8-15)24(29)26-20-5-4-6-21(14-20)30-17(3)23(28)27-22-13-19(25)12-9-16(22)2/h4-14,17H,1-3H3,(H,26,29)(H,27,28). The Morgan fingerprint density at radius 3 is 2.40 bits per heavy atom. The van der Waals surface area contributed by atoms with Gasteiger partial charge in [0.1, 0.15) is 0 Å². The first-order chi connectivity index (χ1) is 14.3. The first-order valence-electron chi connectivity index (χ1n) is 9.53. The molecule has 0 bridgehead atoms. The van der Waals surface area contributed by atoms with Crippen molar-refractivity contribution in [1.82, 2.24) is 0 Å². The number of halogens is 1. The predicted octanol–water partition coefficient (Wildman–Crippen LogP) is 6.33. The minimum atomic E-state index is -0.327. The summed E-state index contributed by atoms with van der Waals surface area (Å²) in [7, 11) is 0. The van der Waals surface area contributed by atoms with Crippen LogP contribution in [0.15, 0.2) is 71.6 Å². The molecule has 0 aliphatic carbocycles. The summed E-state index contributed by atoms with van der Waals surface area (Å²) < 4.78 is 0. The number of rotatable bonds is 6. The molecule has 0 heterocycles. The van der Waals surface area contributed by atoms with Gasteiger partial charge in [0, 0.05) is 26.9 Å². The number of thioether (sulfide) groups is 1. The van der Waals surface area contributed by atoms with Crippen LogP contribution in [-0.2, 0) is 4.79 Å². The van der Waals surface area contributed by atoms with Crippen molar-refractivity contribution in [2.45, 2.75) is 30.9 Å². The molecule has 0 radical (unpaired) electrons. The summed E-state index contributed by atoms with van der Waals surface area (Å²) in [6.07, 6.45) is 0. The highest BCUT2D eigenvalue weighted by Crippen LogP contribution is 2.28. The lowest BCUT2D eigenvalue weighted by Gasteiger charge is -2.14. The molecule has 0 aliphatic rings. The Morgan fingerprint density at radius 2 is 1.67 bits per heavy atom. The van der Waals surface area contributed by atoms with Crippen molar-refractivity contribution >= 4 is 46.6 Å². The third kappa shape index (κ3) is 5.88. The molecule has 0 aliphatic heterocycles. The van der Waals surface area contributed by atoms with E-state index in [4.69, 9.17) is 11.6 Å². The van der Waals surface area contributed by atoms with E-state index in [1.54, 1.807) is 24.3 Å². The predicted molar refractivity (Wildman–Crippen MR) is 126 cm³/mol. The molecule has 30 heavy (non-hydrogen) atoms. The van der Waals surface area contributed by atoms with Gasteiger partial charge in [-0.2, -0.15) is 0 Å². The summed E-state index contributed by atoms with van der Waals surface area (Å²) in [5.41, 5.74) is 4.04. The van der Waals surface area contributed by atoms with Crippen LogP contribution in [0, 0.1) is 13.8 Å². The van der Waals surface area contributed by atoms with Gasteiger partial charge in [-0.05, 0) is 68.8 Å². The van der Waals surface area contributed by atoms with Gasteiger partial charge in [0.05, 0.1) is 5.25 Å². The lowest BCUT2D eigenvalue weighted by molar-refractivity contribution is -0.115. The molecule has 1 atom stereocenters. The van der Waals surface area contributed by atoms with Gasteiger partial charge >= 0.3 is 0 Å². The molecular formula is C24H23ClN2O2S. The van der Waals surface area contributed by atoms with Gasteiger partial charge in [0.2, 0.25) is 5.91 Å². The second kappa shape index (κ2) is 9.83. The van der Waals surface area contributed by atoms with Gasteiger partial charge in [-0.25, -0.2) is 0 Å². The molecule has 0 aromatic heterocycles. The van der Waals surface area contributed by atoms with Crippen LogP contribution in [-0.4, -0.2) is 17.1 Å². The summed E-state index contributed by atoms with van der Waals surface area (Å²) in [5, 5.41) is 6.09. The van der Waals surface area contributed by atoms with Crippen LogP contribution < -0.4 is 10.6 Å². The molecule has 2 amide bonds. The number of carbonyl (C=O) groups is 2. The number of hydrogen-bond donors (Lipinski definition) is 2. The number of carbonyl (C=O) groups excluding carboxylic acids is 2. The van der Waals surface area contributed by atoms with Crippen molar-refractivity contribution in [3.05, 3.63) is 88.4 Å². The maximum absolute atomic E-state index is 12.6. The Morgan fingerprint density at radius 1 is 0.933 bits per heavy atom. The Hall–Kier alpha value is -2.76. The van der Waals surface area contributed by atoms with Crippen LogP contribution in [0.5, 0.6) is 0 Å². The molecule has 4 nitrogen and oxygen atoms in total. The lowest BCUT2D eigenvalue weighted by atomic mass is 10.1. The maximum atomic E-state index is 12.6. The molecule has 154 valence electrons. The van der Waals surface area contributed by atoms with Crippen LogP contribution in [0.3, 0.4) is 0 Å². The molecule has 0 saturated heterocycles. The highest BCUT2D eigenvalue weighted by Gasteiger charge is 2.16. The number of benzene rings is 3. The van der Waals surface area contributed by atoms with E-state index in [9.17, 15) is 9.59 Å². The molecule has 0 spiro atoms. The molecule has 3 aromatic rings. The van der Waals surface area contributed by atoms with Crippen LogP contribution in [0.2, 0.25) is 5.02 Å². The van der Waals surface area contributed by atoms with Crippen molar-refractivity contribution in [3.63, 3.8) is 0 Å². The second-order valence-electron chi connectivity index (χ2n) is 7.06. The van der Waals surface area contributed by atoms with Gasteiger partial charge in [0.25, 0.3) is 5.91 Å². The van der Waals surface area contributed by atoms with Crippen molar-refractivity contribution in [1.29, 1.82) is 0 Å². The molecule has 1 unspecified atom stereocenters. The van der Waals surface area contributed by atoms with Crippen LogP contribution in [0.1, 0.15) is 28.4 Å². The Kier molecular flexibility index (Phi) is 7.19. The quantitative estimate of drug-likeness (QED) is 0.442. The highest BCUT2D eigenvalue weighted by molar-refractivity contribution is 8.00. The Bertz CT molecular complexity index is 1070. The molecule has 3 rings (SSSR count). The van der Waals surface area contributed by atoms with E-state index in [1.807, 2.05) is 63.2 Å². The van der Waals surface area contributed by atoms with Gasteiger partial charge in [-0.3, -0.25) is 9.59 Å². The third-order valence-corrected chi connectivity index (χ3v) is 5.87. The average molecular weight is 439 g/mol. The van der Waals surface area contributed by atoms with Gasteiger partial charge in [-0.15, -0.1) is 11.8 Å². The largest absolute Gasteiger partial charge is 0.325 e. The molecule has 3 aromatic carbocycles. The number of hydrogen-bond acceptors (Lipinski definition) is 3. The van der Waals surface area contributed by atoms with Crippen LogP contribution in [0.4, 0.5) is 11.4 Å². The van der Waals surface area contributed by atoms with E-state index in [0.717, 1.165) is 16.0 Å². The van der Waals surface area contributed by atoms with E-state index in [1.165, 1.54) is 11.8 Å². The fraction of sp³-hybridized carbons (Fsp3) is 0.167. The van der Waals surface area contributed by atoms with Crippen molar-refractivity contribution in [2.75, 3.05) is 10.6 Å². The van der Waals surface area contributed by atoms with Crippen LogP contribution >= 0.6 is 23.4 Å². The third-order valence-electron chi connectivity index (χ3n) is 4.55. The average Bonchev–Trinajstić information content (AvgIpc) is 2.71. The minimum absolute atomic E-state index is 0.112. The summed E-state index contributed by atoms with van der Waals surface area (Å²) >= 11 is 7.45. The van der Waals surface area contributed by atoms with E-state index in [2.05, 4.69) is 10.6 Å². The monoisotopic (exact) mass is 438 g/mol. The van der Waals surface area contributed by atoms with E-state index in [-0.39, 0.29) is 17.1 Å². The lowest BCUT2D eigenvalue weighted by Crippen LogP contribution is -2.22. The fourth-order valence-corrected chi connectivity index (χ4v) is 3.87. The van der Waals surface area contributed by atoms with Crippen LogP contribution in [0.25, 0.3) is 0 Å². The summed E-state index contributed by atoms with van der Waals surface area (Å²) in [6.45, 7) is 5.74. The number of amides is 2. The number of anilines is 2. The van der Waals surface area contributed by atoms with Gasteiger partial charge in [0.15, 0.2) is 0 Å². The molecule has 6 heteroatoms. The van der Waals surface area contributed by atoms with E-state index in [0.29, 0.717) is 22.0 Å². The first kappa shape index (κ1) is 21.9. The van der Waals surface area contributed by atoms with E-state index >= 15 is 0 Å². The first-order valence-corrected chi connectivity index (χ1v) is 10.8. The summed E-state index contributed by atoms with van der Waals surface area (Å²) in [4.78, 5) is 25.9. The van der Waals surface area contributed by atoms with Crippen molar-refractivity contribution in [2.24, 2.45) is 0 Å². The molecule has 0 fully saturated rings. The SMILES string of the molecule is Cc1ccc(C(=O)Nc2cccc(SC(C)C(=O)Nc3cc(Cl)ccc3C)c2)cc1. The highest BCUT2D eigenvalue weighted by atomic mass is 35.5. The normalized spacial score (nSPS) is 11.6. The summed E-state index contributed by atoms with van der Waals surface area (Å²) in [6, 6.07) is 20.3. The Balaban J connectivity index is 1.64. The second-order valence-corrected chi connectivity index (χ2v) is 8.91. The fourth-order valence-electron chi connectivity index (χ4n) is 2.78. The molecule has 2 N–H and O–H groups in total.